The Kier molecular flexibility index (Phi) is 4.55. The van der Waals surface area contributed by atoms with Crippen LogP contribution in [0.2, 0.25) is 0 Å². The average Bonchev–Trinajstić information content (AvgIpc) is 2.46. The fraction of sp³-hybridized carbons (Fsp3) is 0.250. The number of hydrogen-bond acceptors (Lipinski definition) is 4. The van der Waals surface area contributed by atoms with E-state index < -0.39 is 4.92 Å². The summed E-state index contributed by atoms with van der Waals surface area (Å²) in [7, 11) is 0. The van der Waals surface area contributed by atoms with Gasteiger partial charge in [-0.3, -0.25) is 10.1 Å². The van der Waals surface area contributed by atoms with Crippen molar-refractivity contribution in [1.82, 2.24) is 0 Å². The van der Waals surface area contributed by atoms with Gasteiger partial charge in [0.05, 0.1) is 4.92 Å². The number of para-hydroxylation sites is 1. The molecule has 21 heavy (non-hydrogen) atoms. The highest BCUT2D eigenvalue weighted by molar-refractivity contribution is 5.46. The molecule has 0 heterocycles. The van der Waals surface area contributed by atoms with E-state index in [-0.39, 0.29) is 11.7 Å². The number of nitrogens with two attached hydrogens (primary N) is 1. The Labute approximate surface area is 123 Å². The number of ether oxygens (including phenoxy) is 1. The van der Waals surface area contributed by atoms with E-state index in [1.54, 1.807) is 19.1 Å². The fourth-order valence-electron chi connectivity index (χ4n) is 2.12. The minimum atomic E-state index is -0.403. The van der Waals surface area contributed by atoms with Gasteiger partial charge in [-0.2, -0.15) is 0 Å². The predicted octanol–water partition coefficient (Wildman–Crippen LogP) is 4.11. The number of rotatable bonds is 5. The van der Waals surface area contributed by atoms with E-state index in [1.807, 2.05) is 31.2 Å². The van der Waals surface area contributed by atoms with Crippen molar-refractivity contribution in [2.75, 3.05) is 0 Å². The first-order valence-corrected chi connectivity index (χ1v) is 6.80. The number of aryl methyl sites for hydroxylation is 1. The quantitative estimate of drug-likeness (QED) is 0.662. The van der Waals surface area contributed by atoms with E-state index in [1.165, 1.54) is 6.07 Å². The molecule has 1 atom stereocenters. The van der Waals surface area contributed by atoms with E-state index in [2.05, 4.69) is 0 Å². The molecule has 110 valence electrons. The van der Waals surface area contributed by atoms with Crippen LogP contribution in [0.25, 0.3) is 0 Å². The summed E-state index contributed by atoms with van der Waals surface area (Å²) < 4.78 is 5.85. The third-order valence-electron chi connectivity index (χ3n) is 3.35. The Morgan fingerprint density at radius 3 is 2.62 bits per heavy atom. The van der Waals surface area contributed by atoms with Crippen molar-refractivity contribution in [3.8, 4) is 11.5 Å². The van der Waals surface area contributed by atoms with Gasteiger partial charge >= 0.3 is 0 Å². The molecule has 2 aromatic rings. The van der Waals surface area contributed by atoms with E-state index in [4.69, 9.17) is 10.5 Å². The van der Waals surface area contributed by atoms with Crippen molar-refractivity contribution in [2.45, 2.75) is 26.3 Å². The Hall–Kier alpha value is -2.40. The minimum Gasteiger partial charge on any atom is -0.457 e. The van der Waals surface area contributed by atoms with E-state index in [0.29, 0.717) is 17.1 Å². The molecule has 0 saturated heterocycles. The van der Waals surface area contributed by atoms with Crippen LogP contribution in [0.3, 0.4) is 0 Å². The number of hydrogen-bond donors (Lipinski definition) is 1. The van der Waals surface area contributed by atoms with Gasteiger partial charge in [-0.05, 0) is 31.5 Å². The van der Waals surface area contributed by atoms with Gasteiger partial charge < -0.3 is 10.5 Å². The molecule has 0 aliphatic rings. The van der Waals surface area contributed by atoms with Crippen LogP contribution in [-0.2, 0) is 0 Å². The van der Waals surface area contributed by atoms with Crippen LogP contribution in [-0.4, -0.2) is 4.92 Å². The number of nitrogens with zero attached hydrogens (tertiary/aromatic N) is 1. The maximum atomic E-state index is 10.8. The second kappa shape index (κ2) is 6.37. The lowest BCUT2D eigenvalue weighted by molar-refractivity contribution is -0.385. The highest BCUT2D eigenvalue weighted by Crippen LogP contribution is 2.31. The molecule has 0 saturated carbocycles. The fourth-order valence-corrected chi connectivity index (χ4v) is 2.12. The van der Waals surface area contributed by atoms with Gasteiger partial charge in [0, 0.05) is 23.2 Å². The first-order valence-electron chi connectivity index (χ1n) is 6.80. The smallest absolute Gasteiger partial charge is 0.272 e. The van der Waals surface area contributed by atoms with Crippen molar-refractivity contribution < 1.29 is 9.66 Å². The van der Waals surface area contributed by atoms with Crippen LogP contribution in [0.1, 0.15) is 30.5 Å². The van der Waals surface area contributed by atoms with E-state index in [0.717, 1.165) is 12.0 Å². The summed E-state index contributed by atoms with van der Waals surface area (Å²) in [6.45, 7) is 3.70. The maximum absolute atomic E-state index is 10.8. The predicted molar refractivity (Wildman–Crippen MR) is 81.6 cm³/mol. The molecule has 0 aliphatic carbocycles. The Bertz CT molecular complexity index is 656. The summed E-state index contributed by atoms with van der Waals surface area (Å²) in [6.07, 6.45) is 0.805. The SMILES string of the molecule is CCC(N)c1ccccc1Oc1ccc([N+](=O)[O-])c(C)c1. The van der Waals surface area contributed by atoms with Crippen LogP contribution in [0.15, 0.2) is 42.5 Å². The average molecular weight is 286 g/mol. The molecule has 0 aromatic heterocycles. The van der Waals surface area contributed by atoms with Gasteiger partial charge in [0.25, 0.3) is 5.69 Å². The zero-order valence-electron chi connectivity index (χ0n) is 12.1. The molecule has 2 aromatic carbocycles. The third kappa shape index (κ3) is 3.38. The lowest BCUT2D eigenvalue weighted by atomic mass is 10.0. The van der Waals surface area contributed by atoms with Crippen molar-refractivity contribution in [2.24, 2.45) is 5.73 Å². The van der Waals surface area contributed by atoms with Gasteiger partial charge in [0.15, 0.2) is 0 Å². The highest BCUT2D eigenvalue weighted by atomic mass is 16.6. The molecule has 0 radical (unpaired) electrons. The zero-order chi connectivity index (χ0) is 15.4. The molecule has 5 heteroatoms. The molecule has 2 rings (SSSR count). The molecule has 0 bridgehead atoms. The molecule has 0 amide bonds. The summed E-state index contributed by atoms with van der Waals surface area (Å²) in [5.74, 6) is 1.24. The summed E-state index contributed by atoms with van der Waals surface area (Å²) >= 11 is 0. The monoisotopic (exact) mass is 286 g/mol. The summed E-state index contributed by atoms with van der Waals surface area (Å²) in [5.41, 5.74) is 7.65. The number of nitro benzene ring substituents is 1. The van der Waals surface area contributed by atoms with Crippen molar-refractivity contribution in [3.05, 3.63) is 63.7 Å². The largest absolute Gasteiger partial charge is 0.457 e. The molecule has 5 nitrogen and oxygen atoms in total. The summed E-state index contributed by atoms with van der Waals surface area (Å²) in [5, 5.41) is 10.8. The first kappa shape index (κ1) is 15.0. The van der Waals surface area contributed by atoms with Gasteiger partial charge in [-0.1, -0.05) is 25.1 Å². The number of benzene rings is 2. The Morgan fingerprint density at radius 1 is 1.29 bits per heavy atom. The van der Waals surface area contributed by atoms with Gasteiger partial charge in [0.1, 0.15) is 11.5 Å². The van der Waals surface area contributed by atoms with Crippen LogP contribution >= 0.6 is 0 Å². The summed E-state index contributed by atoms with van der Waals surface area (Å²) in [6, 6.07) is 12.2. The molecule has 0 fully saturated rings. The Balaban J connectivity index is 2.31. The summed E-state index contributed by atoms with van der Waals surface area (Å²) in [4.78, 5) is 10.4. The molecule has 0 spiro atoms. The second-order valence-corrected chi connectivity index (χ2v) is 4.86. The van der Waals surface area contributed by atoms with Gasteiger partial charge in [-0.25, -0.2) is 0 Å². The highest BCUT2D eigenvalue weighted by Gasteiger charge is 2.13. The van der Waals surface area contributed by atoms with Crippen molar-refractivity contribution in [1.29, 1.82) is 0 Å². The minimum absolute atomic E-state index is 0.0842. The first-order chi connectivity index (χ1) is 10.0. The van der Waals surface area contributed by atoms with Gasteiger partial charge in [0.2, 0.25) is 0 Å². The maximum Gasteiger partial charge on any atom is 0.272 e. The normalized spacial score (nSPS) is 12.0. The molecular formula is C16H18N2O3. The van der Waals surface area contributed by atoms with Crippen LogP contribution in [0.5, 0.6) is 11.5 Å². The van der Waals surface area contributed by atoms with E-state index >= 15 is 0 Å². The lowest BCUT2D eigenvalue weighted by Crippen LogP contribution is -2.09. The topological polar surface area (TPSA) is 78.4 Å². The molecule has 0 aliphatic heterocycles. The third-order valence-corrected chi connectivity index (χ3v) is 3.35. The molecule has 2 N–H and O–H groups in total. The lowest BCUT2D eigenvalue weighted by Gasteiger charge is -2.15. The standard InChI is InChI=1S/C16H18N2O3/c1-3-14(17)13-6-4-5-7-16(13)21-12-8-9-15(18(19)20)11(2)10-12/h4-10,14H,3,17H2,1-2H3. The van der Waals surface area contributed by atoms with Crippen LogP contribution in [0, 0.1) is 17.0 Å². The second-order valence-electron chi connectivity index (χ2n) is 4.86. The van der Waals surface area contributed by atoms with Crippen molar-refractivity contribution in [3.63, 3.8) is 0 Å². The van der Waals surface area contributed by atoms with Crippen LogP contribution in [0.4, 0.5) is 5.69 Å². The van der Waals surface area contributed by atoms with E-state index in [9.17, 15) is 10.1 Å². The zero-order valence-corrected chi connectivity index (χ0v) is 12.1. The van der Waals surface area contributed by atoms with Crippen LogP contribution < -0.4 is 10.5 Å². The number of nitro groups is 1. The molecule has 1 unspecified atom stereocenters. The Morgan fingerprint density at radius 2 is 2.00 bits per heavy atom. The molecular weight excluding hydrogens is 268 g/mol. The van der Waals surface area contributed by atoms with Gasteiger partial charge in [-0.15, -0.1) is 0 Å². The van der Waals surface area contributed by atoms with Crippen molar-refractivity contribution >= 4 is 5.69 Å².